The van der Waals surface area contributed by atoms with Gasteiger partial charge in [0.25, 0.3) is 0 Å². The molecule has 4 nitrogen and oxygen atoms in total. The van der Waals surface area contributed by atoms with E-state index in [0.29, 0.717) is 18.8 Å². The van der Waals surface area contributed by atoms with Crippen molar-refractivity contribution >= 4 is 11.9 Å². The molecule has 1 saturated carbocycles. The van der Waals surface area contributed by atoms with Crippen molar-refractivity contribution in [2.24, 2.45) is 11.8 Å². The second-order valence-electron chi connectivity index (χ2n) is 6.53. The third-order valence-electron chi connectivity index (χ3n) is 4.65. The van der Waals surface area contributed by atoms with Crippen molar-refractivity contribution in [1.82, 2.24) is 5.32 Å². The molecule has 0 spiro atoms. The Labute approximate surface area is 131 Å². The van der Waals surface area contributed by atoms with Crippen molar-refractivity contribution < 1.29 is 14.7 Å². The van der Waals surface area contributed by atoms with Gasteiger partial charge in [-0.15, -0.1) is 0 Å². The lowest BCUT2D eigenvalue weighted by atomic mass is 9.80. The summed E-state index contributed by atoms with van der Waals surface area (Å²) in [5.41, 5.74) is 1.01. The zero-order chi connectivity index (χ0) is 16.1. The summed E-state index contributed by atoms with van der Waals surface area (Å²) in [6, 6.07) is 7.14. The molecule has 1 aromatic carbocycles. The normalized spacial score (nSPS) is 24.7. The van der Waals surface area contributed by atoms with Crippen LogP contribution in [0.15, 0.2) is 24.3 Å². The number of nitrogens with one attached hydrogen (secondary N) is 1. The molecule has 0 radical (unpaired) electrons. The minimum Gasteiger partial charge on any atom is -0.478 e. The number of hydrogen-bond acceptors (Lipinski definition) is 2. The van der Waals surface area contributed by atoms with Crippen LogP contribution in [0.4, 0.5) is 0 Å². The predicted octanol–water partition coefficient (Wildman–Crippen LogP) is 3.26. The molecule has 1 aliphatic carbocycles. The van der Waals surface area contributed by atoms with E-state index in [0.717, 1.165) is 30.7 Å². The average Bonchev–Trinajstić information content (AvgIpc) is 2.48. The highest BCUT2D eigenvalue weighted by atomic mass is 16.4. The van der Waals surface area contributed by atoms with Crippen LogP contribution in [0.25, 0.3) is 0 Å². The molecule has 0 heterocycles. The number of rotatable bonds is 5. The molecule has 0 bridgehead atoms. The first kappa shape index (κ1) is 16.5. The van der Waals surface area contributed by atoms with Gasteiger partial charge < -0.3 is 10.4 Å². The maximum Gasteiger partial charge on any atom is 0.335 e. The smallest absolute Gasteiger partial charge is 0.335 e. The van der Waals surface area contributed by atoms with E-state index in [9.17, 15) is 9.59 Å². The van der Waals surface area contributed by atoms with Gasteiger partial charge in [0.1, 0.15) is 0 Å². The lowest BCUT2D eigenvalue weighted by molar-refractivity contribution is -0.122. The van der Waals surface area contributed by atoms with E-state index in [-0.39, 0.29) is 17.5 Å². The Balaban J connectivity index is 1.87. The molecular weight excluding hydrogens is 278 g/mol. The fraction of sp³-hybridized carbons (Fsp3) is 0.556. The topological polar surface area (TPSA) is 66.4 Å². The minimum atomic E-state index is -0.939. The SMILES string of the molecule is CC1CCC(NC(=O)CCc2ccccc2C(=O)O)C(C)C1. The van der Waals surface area contributed by atoms with Gasteiger partial charge in [-0.3, -0.25) is 4.79 Å². The first-order valence-corrected chi connectivity index (χ1v) is 8.08. The van der Waals surface area contributed by atoms with Crippen LogP contribution in [-0.2, 0) is 11.2 Å². The fourth-order valence-corrected chi connectivity index (χ4v) is 3.35. The number of aromatic carboxylic acids is 1. The van der Waals surface area contributed by atoms with Crippen molar-refractivity contribution in [3.05, 3.63) is 35.4 Å². The van der Waals surface area contributed by atoms with Gasteiger partial charge in [0.2, 0.25) is 5.91 Å². The van der Waals surface area contributed by atoms with Crippen molar-refractivity contribution in [2.75, 3.05) is 0 Å². The van der Waals surface area contributed by atoms with Gasteiger partial charge in [0.15, 0.2) is 0 Å². The van der Waals surface area contributed by atoms with E-state index in [1.54, 1.807) is 18.2 Å². The number of aryl methyl sites for hydroxylation is 1. The maximum atomic E-state index is 12.1. The van der Waals surface area contributed by atoms with E-state index in [2.05, 4.69) is 19.2 Å². The molecule has 2 N–H and O–H groups in total. The molecule has 2 rings (SSSR count). The third kappa shape index (κ3) is 4.33. The second-order valence-corrected chi connectivity index (χ2v) is 6.53. The van der Waals surface area contributed by atoms with Crippen LogP contribution >= 0.6 is 0 Å². The number of hydrogen-bond donors (Lipinski definition) is 2. The van der Waals surface area contributed by atoms with Crippen molar-refractivity contribution in [2.45, 2.75) is 52.0 Å². The number of amides is 1. The minimum absolute atomic E-state index is 0.0200. The summed E-state index contributed by atoms with van der Waals surface area (Å²) < 4.78 is 0. The summed E-state index contributed by atoms with van der Waals surface area (Å²) in [6.07, 6.45) is 4.17. The van der Waals surface area contributed by atoms with Crippen molar-refractivity contribution in [3.63, 3.8) is 0 Å². The van der Waals surface area contributed by atoms with Gasteiger partial charge in [-0.05, 0) is 49.1 Å². The Morgan fingerprint density at radius 3 is 2.64 bits per heavy atom. The third-order valence-corrected chi connectivity index (χ3v) is 4.65. The van der Waals surface area contributed by atoms with Crippen LogP contribution < -0.4 is 5.32 Å². The number of benzene rings is 1. The molecule has 1 amide bonds. The van der Waals surface area contributed by atoms with Gasteiger partial charge in [-0.25, -0.2) is 4.79 Å². The highest BCUT2D eigenvalue weighted by Gasteiger charge is 2.26. The molecule has 0 aliphatic heterocycles. The van der Waals surface area contributed by atoms with Crippen LogP contribution in [0.2, 0.25) is 0 Å². The lowest BCUT2D eigenvalue weighted by Gasteiger charge is -2.33. The van der Waals surface area contributed by atoms with Crippen LogP contribution in [0.1, 0.15) is 55.5 Å². The molecular formula is C18H25NO3. The van der Waals surface area contributed by atoms with Gasteiger partial charge in [-0.2, -0.15) is 0 Å². The molecule has 120 valence electrons. The number of carbonyl (C=O) groups is 2. The summed E-state index contributed by atoms with van der Waals surface area (Å²) in [5, 5.41) is 12.3. The molecule has 22 heavy (non-hydrogen) atoms. The Kier molecular flexibility index (Phi) is 5.58. The van der Waals surface area contributed by atoms with Crippen LogP contribution in [0, 0.1) is 11.8 Å². The molecule has 1 fully saturated rings. The quantitative estimate of drug-likeness (QED) is 0.877. The maximum absolute atomic E-state index is 12.1. The predicted molar refractivity (Wildman–Crippen MR) is 85.8 cm³/mol. The highest BCUT2D eigenvalue weighted by molar-refractivity contribution is 5.89. The number of carbonyl (C=O) groups excluding carboxylic acids is 1. The van der Waals surface area contributed by atoms with E-state index < -0.39 is 5.97 Å². The second kappa shape index (κ2) is 7.43. The van der Waals surface area contributed by atoms with E-state index in [4.69, 9.17) is 5.11 Å². The summed E-state index contributed by atoms with van der Waals surface area (Å²) in [5.74, 6) is 0.335. The van der Waals surface area contributed by atoms with Crippen LogP contribution in [0.3, 0.4) is 0 Å². The van der Waals surface area contributed by atoms with E-state index in [1.807, 2.05) is 6.07 Å². The summed E-state index contributed by atoms with van der Waals surface area (Å²) in [6.45, 7) is 4.46. The zero-order valence-electron chi connectivity index (χ0n) is 13.3. The number of carboxylic acids is 1. The first-order valence-electron chi connectivity index (χ1n) is 8.08. The first-order chi connectivity index (χ1) is 10.5. The Morgan fingerprint density at radius 2 is 1.95 bits per heavy atom. The molecule has 3 atom stereocenters. The van der Waals surface area contributed by atoms with Gasteiger partial charge in [-0.1, -0.05) is 32.0 Å². The summed E-state index contributed by atoms with van der Waals surface area (Å²) in [7, 11) is 0. The van der Waals surface area contributed by atoms with Crippen molar-refractivity contribution in [3.8, 4) is 0 Å². The van der Waals surface area contributed by atoms with Crippen LogP contribution in [0.5, 0.6) is 0 Å². The molecule has 3 unspecified atom stereocenters. The van der Waals surface area contributed by atoms with Crippen LogP contribution in [-0.4, -0.2) is 23.0 Å². The van der Waals surface area contributed by atoms with Gasteiger partial charge >= 0.3 is 5.97 Å². The van der Waals surface area contributed by atoms with E-state index >= 15 is 0 Å². The monoisotopic (exact) mass is 303 g/mol. The van der Waals surface area contributed by atoms with Gasteiger partial charge in [0.05, 0.1) is 5.56 Å². The molecule has 0 saturated heterocycles. The summed E-state index contributed by atoms with van der Waals surface area (Å²) >= 11 is 0. The zero-order valence-corrected chi connectivity index (χ0v) is 13.3. The standard InChI is InChI=1S/C18H25NO3/c1-12-7-9-16(13(2)11-12)19-17(20)10-8-14-5-3-4-6-15(14)18(21)22/h3-6,12-13,16H,7-11H2,1-2H3,(H,19,20)(H,21,22). The Morgan fingerprint density at radius 1 is 1.23 bits per heavy atom. The highest BCUT2D eigenvalue weighted by Crippen LogP contribution is 2.28. The lowest BCUT2D eigenvalue weighted by Crippen LogP contribution is -2.42. The largest absolute Gasteiger partial charge is 0.478 e. The number of carboxylic acid groups (broad SMARTS) is 1. The van der Waals surface area contributed by atoms with E-state index in [1.165, 1.54) is 0 Å². The Hall–Kier alpha value is -1.84. The molecule has 1 aromatic rings. The van der Waals surface area contributed by atoms with Gasteiger partial charge in [0, 0.05) is 12.5 Å². The molecule has 4 heteroatoms. The van der Waals surface area contributed by atoms with Crippen molar-refractivity contribution in [1.29, 1.82) is 0 Å². The fourth-order valence-electron chi connectivity index (χ4n) is 3.35. The molecule has 0 aromatic heterocycles. The average molecular weight is 303 g/mol. The Bertz CT molecular complexity index is 541. The molecule has 1 aliphatic rings. The summed E-state index contributed by atoms with van der Waals surface area (Å²) in [4.78, 5) is 23.3.